The summed E-state index contributed by atoms with van der Waals surface area (Å²) in [6, 6.07) is 5.09. The summed E-state index contributed by atoms with van der Waals surface area (Å²) >= 11 is 6.58. The minimum absolute atomic E-state index is 0.0181. The van der Waals surface area contributed by atoms with E-state index in [-0.39, 0.29) is 10.8 Å². The fourth-order valence-corrected chi connectivity index (χ4v) is 4.63. The molecule has 144 valence electrons. The Labute approximate surface area is 163 Å². The molecule has 3 rings (SSSR count). The molecule has 0 saturated carbocycles. The fourth-order valence-electron chi connectivity index (χ4n) is 3.07. The van der Waals surface area contributed by atoms with Crippen molar-refractivity contribution in [3.63, 3.8) is 0 Å². The first-order valence-electron chi connectivity index (χ1n) is 8.28. The SMILES string of the molecule is COC(=O)c1c(NC(=S)Nc2ccccc2C(F)(F)F)sc2c1CCCC2. The van der Waals surface area contributed by atoms with Gasteiger partial charge in [-0.25, -0.2) is 4.79 Å². The van der Waals surface area contributed by atoms with Gasteiger partial charge in [0.25, 0.3) is 0 Å². The number of hydrogen-bond acceptors (Lipinski definition) is 4. The molecule has 1 aromatic carbocycles. The van der Waals surface area contributed by atoms with Crippen molar-refractivity contribution in [3.8, 4) is 0 Å². The molecule has 2 N–H and O–H groups in total. The van der Waals surface area contributed by atoms with E-state index in [2.05, 4.69) is 10.6 Å². The molecule has 0 amide bonds. The summed E-state index contributed by atoms with van der Waals surface area (Å²) in [4.78, 5) is 13.3. The van der Waals surface area contributed by atoms with E-state index in [1.807, 2.05) is 0 Å². The summed E-state index contributed by atoms with van der Waals surface area (Å²) in [7, 11) is 1.30. The largest absolute Gasteiger partial charge is 0.465 e. The Bertz CT molecular complexity index is 878. The van der Waals surface area contributed by atoms with Crippen molar-refractivity contribution >= 4 is 45.3 Å². The van der Waals surface area contributed by atoms with Crippen molar-refractivity contribution < 1.29 is 22.7 Å². The first-order chi connectivity index (χ1) is 12.8. The molecular weight excluding hydrogens is 397 g/mol. The first kappa shape index (κ1) is 19.6. The van der Waals surface area contributed by atoms with Crippen LogP contribution in [0.4, 0.5) is 23.9 Å². The van der Waals surface area contributed by atoms with Crippen molar-refractivity contribution in [1.82, 2.24) is 0 Å². The summed E-state index contributed by atoms with van der Waals surface area (Å²) in [5.74, 6) is -0.476. The lowest BCUT2D eigenvalue weighted by molar-refractivity contribution is -0.136. The van der Waals surface area contributed by atoms with Gasteiger partial charge in [0.1, 0.15) is 5.00 Å². The normalized spacial score (nSPS) is 13.6. The quantitative estimate of drug-likeness (QED) is 0.531. The van der Waals surface area contributed by atoms with Crippen LogP contribution in [0, 0.1) is 0 Å². The third-order valence-corrected chi connectivity index (χ3v) is 5.68. The van der Waals surface area contributed by atoms with Crippen molar-refractivity contribution in [3.05, 3.63) is 45.8 Å². The lowest BCUT2D eigenvalue weighted by Crippen LogP contribution is -2.22. The smallest absolute Gasteiger partial charge is 0.418 e. The summed E-state index contributed by atoms with van der Waals surface area (Å²) in [6.45, 7) is 0. The third kappa shape index (κ3) is 4.24. The lowest BCUT2D eigenvalue weighted by Gasteiger charge is -2.16. The molecule has 0 radical (unpaired) electrons. The highest BCUT2D eigenvalue weighted by Gasteiger charge is 2.33. The monoisotopic (exact) mass is 414 g/mol. The van der Waals surface area contributed by atoms with E-state index in [1.54, 1.807) is 0 Å². The van der Waals surface area contributed by atoms with Crippen molar-refractivity contribution in [2.24, 2.45) is 0 Å². The Morgan fingerprint density at radius 2 is 1.89 bits per heavy atom. The number of anilines is 2. The van der Waals surface area contributed by atoms with Crippen LogP contribution in [0.25, 0.3) is 0 Å². The number of thiocarbonyl (C=S) groups is 1. The highest BCUT2D eigenvalue weighted by atomic mass is 32.1. The second-order valence-electron chi connectivity index (χ2n) is 6.03. The molecule has 9 heteroatoms. The summed E-state index contributed by atoms with van der Waals surface area (Å²) in [5.41, 5.74) is 0.404. The van der Waals surface area contributed by atoms with Crippen LogP contribution in [0.3, 0.4) is 0 Å². The topological polar surface area (TPSA) is 50.4 Å². The standard InChI is InChI=1S/C18H17F3N2O2S2/c1-25-16(24)14-10-6-2-5-9-13(10)27-15(14)23-17(26)22-12-8-4-3-7-11(12)18(19,20)21/h3-4,7-8H,2,5-6,9H2,1H3,(H2,22,23,26). The van der Waals surface area contributed by atoms with E-state index < -0.39 is 17.7 Å². The first-order valence-corrected chi connectivity index (χ1v) is 9.51. The number of fused-ring (bicyclic) bond motifs is 1. The van der Waals surface area contributed by atoms with Gasteiger partial charge in [0.05, 0.1) is 23.9 Å². The number of para-hydroxylation sites is 1. The molecule has 2 aromatic rings. The zero-order chi connectivity index (χ0) is 19.6. The minimum Gasteiger partial charge on any atom is -0.465 e. The predicted octanol–water partition coefficient (Wildman–Crippen LogP) is 5.24. The van der Waals surface area contributed by atoms with Crippen LogP contribution in [0.1, 0.15) is 39.2 Å². The van der Waals surface area contributed by atoms with Crippen LogP contribution in [-0.2, 0) is 23.8 Å². The van der Waals surface area contributed by atoms with E-state index in [0.29, 0.717) is 10.6 Å². The van der Waals surface area contributed by atoms with E-state index >= 15 is 0 Å². The highest BCUT2D eigenvalue weighted by molar-refractivity contribution is 7.80. The minimum atomic E-state index is -4.50. The molecule has 0 atom stereocenters. The molecule has 0 bridgehead atoms. The van der Waals surface area contributed by atoms with Gasteiger partial charge in [0, 0.05) is 4.88 Å². The number of aryl methyl sites for hydroxylation is 1. The maximum absolute atomic E-state index is 13.1. The molecule has 4 nitrogen and oxygen atoms in total. The van der Waals surface area contributed by atoms with Gasteiger partial charge < -0.3 is 15.4 Å². The number of methoxy groups -OCH3 is 1. The fraction of sp³-hybridized carbons (Fsp3) is 0.333. The molecule has 1 aromatic heterocycles. The number of esters is 1. The number of nitrogens with one attached hydrogen (secondary N) is 2. The van der Waals surface area contributed by atoms with Gasteiger partial charge in [-0.3, -0.25) is 0 Å². The van der Waals surface area contributed by atoms with Crippen LogP contribution in [-0.4, -0.2) is 18.2 Å². The zero-order valence-electron chi connectivity index (χ0n) is 14.4. The molecule has 1 aliphatic carbocycles. The van der Waals surface area contributed by atoms with Crippen LogP contribution >= 0.6 is 23.6 Å². The number of alkyl halides is 3. The number of thiophene rings is 1. The summed E-state index contributed by atoms with van der Waals surface area (Å²) < 4.78 is 44.3. The van der Waals surface area contributed by atoms with Gasteiger partial charge in [-0.15, -0.1) is 11.3 Å². The number of carbonyl (C=O) groups is 1. The predicted molar refractivity (Wildman–Crippen MR) is 104 cm³/mol. The molecule has 0 unspecified atom stereocenters. The molecule has 0 saturated heterocycles. The molecule has 0 spiro atoms. The Morgan fingerprint density at radius 3 is 2.59 bits per heavy atom. The van der Waals surface area contributed by atoms with Crippen LogP contribution in [0.15, 0.2) is 24.3 Å². The van der Waals surface area contributed by atoms with Crippen molar-refractivity contribution in [1.29, 1.82) is 0 Å². The Hall–Kier alpha value is -2.13. The van der Waals surface area contributed by atoms with Crippen LogP contribution in [0.5, 0.6) is 0 Å². The van der Waals surface area contributed by atoms with Crippen molar-refractivity contribution in [2.45, 2.75) is 31.9 Å². The molecule has 0 fully saturated rings. The molecule has 1 heterocycles. The Balaban J connectivity index is 1.85. The second kappa shape index (κ2) is 7.85. The number of halogens is 3. The summed E-state index contributed by atoms with van der Waals surface area (Å²) in [6.07, 6.45) is -0.847. The highest BCUT2D eigenvalue weighted by Crippen LogP contribution is 2.39. The number of rotatable bonds is 3. The van der Waals surface area contributed by atoms with E-state index in [9.17, 15) is 18.0 Å². The summed E-state index contributed by atoms with van der Waals surface area (Å²) in [5, 5.41) is 5.94. The Kier molecular flexibility index (Phi) is 5.71. The second-order valence-corrected chi connectivity index (χ2v) is 7.54. The molecule has 1 aliphatic rings. The van der Waals surface area contributed by atoms with Gasteiger partial charge in [-0.05, 0) is 55.6 Å². The average Bonchev–Trinajstić information content (AvgIpc) is 2.98. The van der Waals surface area contributed by atoms with Gasteiger partial charge in [0.15, 0.2) is 5.11 Å². The maximum Gasteiger partial charge on any atom is 0.418 e. The number of benzene rings is 1. The number of hydrogen-bond donors (Lipinski definition) is 2. The zero-order valence-corrected chi connectivity index (χ0v) is 16.0. The van der Waals surface area contributed by atoms with Crippen LogP contribution in [0.2, 0.25) is 0 Å². The van der Waals surface area contributed by atoms with Crippen molar-refractivity contribution in [2.75, 3.05) is 17.7 Å². The van der Waals surface area contributed by atoms with Crippen LogP contribution < -0.4 is 10.6 Å². The van der Waals surface area contributed by atoms with Gasteiger partial charge in [-0.1, -0.05) is 12.1 Å². The number of carbonyl (C=O) groups excluding carboxylic acids is 1. The molecule has 27 heavy (non-hydrogen) atoms. The van der Waals surface area contributed by atoms with E-state index in [1.165, 1.54) is 36.6 Å². The maximum atomic E-state index is 13.1. The third-order valence-electron chi connectivity index (χ3n) is 4.27. The van der Waals surface area contributed by atoms with E-state index in [4.69, 9.17) is 17.0 Å². The average molecular weight is 414 g/mol. The molecule has 0 aliphatic heterocycles. The molecular formula is C18H17F3N2O2S2. The van der Waals surface area contributed by atoms with Gasteiger partial charge >= 0.3 is 12.1 Å². The van der Waals surface area contributed by atoms with E-state index in [0.717, 1.165) is 42.2 Å². The number of ether oxygens (including phenoxy) is 1. The van der Waals surface area contributed by atoms with Gasteiger partial charge in [0.2, 0.25) is 0 Å². The van der Waals surface area contributed by atoms with Gasteiger partial charge in [-0.2, -0.15) is 13.2 Å². The lowest BCUT2D eigenvalue weighted by atomic mass is 9.95. The Morgan fingerprint density at radius 1 is 1.19 bits per heavy atom.